The summed E-state index contributed by atoms with van der Waals surface area (Å²) in [6.07, 6.45) is 8.49. The number of nitrogens with one attached hydrogen (secondary N) is 1. The van der Waals surface area contributed by atoms with E-state index < -0.39 is 5.54 Å². The van der Waals surface area contributed by atoms with Gasteiger partial charge in [0.15, 0.2) is 5.82 Å². The zero-order chi connectivity index (χ0) is 14.3. The predicted octanol–water partition coefficient (Wildman–Crippen LogP) is -0.522. The monoisotopic (exact) mass is 273 g/mol. The molecule has 0 radical (unpaired) electrons. The number of fused-ring (bicyclic) bond motifs is 2. The molecule has 0 aromatic carbocycles. The van der Waals surface area contributed by atoms with Gasteiger partial charge in [-0.25, -0.2) is 10.0 Å². The maximum Gasteiger partial charge on any atom is 0.215 e. The van der Waals surface area contributed by atoms with Gasteiger partial charge in [0, 0.05) is 5.57 Å². The molecular weight excluding hydrogens is 254 g/mol. The van der Waals surface area contributed by atoms with Crippen LogP contribution < -0.4 is 16.9 Å². The van der Waals surface area contributed by atoms with Gasteiger partial charge in [0.05, 0.1) is 11.2 Å². The molecule has 20 heavy (non-hydrogen) atoms. The quantitative estimate of drug-likeness (QED) is 0.643. The molecule has 1 aliphatic carbocycles. The molecule has 0 fully saturated rings. The van der Waals surface area contributed by atoms with Crippen LogP contribution in [0, 0.1) is 0 Å². The molecule has 0 saturated carbocycles. The Morgan fingerprint density at radius 3 is 3.00 bits per heavy atom. The second-order valence-electron chi connectivity index (χ2n) is 5.49. The van der Waals surface area contributed by atoms with Crippen molar-refractivity contribution < 1.29 is 0 Å². The summed E-state index contributed by atoms with van der Waals surface area (Å²) in [6.45, 7) is 0.916. The molecule has 0 spiro atoms. The fourth-order valence-electron chi connectivity index (χ4n) is 2.34. The van der Waals surface area contributed by atoms with E-state index in [0.29, 0.717) is 5.96 Å². The van der Waals surface area contributed by atoms with Crippen molar-refractivity contribution in [3.8, 4) is 0 Å². The van der Waals surface area contributed by atoms with Crippen molar-refractivity contribution in [3.05, 3.63) is 35.3 Å². The Bertz CT molecular complexity index is 582. The van der Waals surface area contributed by atoms with Crippen LogP contribution in [0.2, 0.25) is 0 Å². The maximum atomic E-state index is 6.40. The fraction of sp³-hybridized carbons (Fsp3) is 0.385. The molecule has 0 aromatic rings. The van der Waals surface area contributed by atoms with Gasteiger partial charge < -0.3 is 16.4 Å². The summed E-state index contributed by atoms with van der Waals surface area (Å²) in [5.41, 5.74) is 16.3. The Morgan fingerprint density at radius 1 is 1.45 bits per heavy atom. The van der Waals surface area contributed by atoms with Crippen LogP contribution in [-0.4, -0.2) is 48.4 Å². The molecule has 2 aliphatic heterocycles. The Labute approximate surface area is 118 Å². The summed E-state index contributed by atoms with van der Waals surface area (Å²) in [5, 5.41) is 1.70. The molecule has 0 aromatic heterocycles. The number of hydrogen-bond donors (Lipinski definition) is 3. The van der Waals surface area contributed by atoms with E-state index in [-0.39, 0.29) is 0 Å². The number of hydrogen-bond acceptors (Lipinski definition) is 7. The van der Waals surface area contributed by atoms with Gasteiger partial charge in [-0.15, -0.1) is 0 Å². The van der Waals surface area contributed by atoms with Crippen LogP contribution in [0.5, 0.6) is 0 Å². The van der Waals surface area contributed by atoms with Gasteiger partial charge in [-0.3, -0.25) is 5.43 Å². The van der Waals surface area contributed by atoms with Gasteiger partial charge in [0.1, 0.15) is 6.34 Å². The van der Waals surface area contributed by atoms with Crippen LogP contribution in [0.15, 0.2) is 45.3 Å². The van der Waals surface area contributed by atoms with Gasteiger partial charge in [0.25, 0.3) is 0 Å². The molecule has 1 atom stereocenters. The minimum Gasteiger partial charge on any atom is -0.368 e. The molecular formula is C13H19N7. The van der Waals surface area contributed by atoms with Crippen molar-refractivity contribution in [2.24, 2.45) is 21.5 Å². The Hall–Kier alpha value is -2.12. The zero-order valence-electron chi connectivity index (χ0n) is 11.7. The van der Waals surface area contributed by atoms with Crippen LogP contribution in [0.1, 0.15) is 6.42 Å². The lowest BCUT2D eigenvalue weighted by Crippen LogP contribution is -2.42. The zero-order valence-corrected chi connectivity index (χ0v) is 11.7. The van der Waals surface area contributed by atoms with Crippen molar-refractivity contribution >= 4 is 12.3 Å². The predicted molar refractivity (Wildman–Crippen MR) is 79.4 cm³/mol. The van der Waals surface area contributed by atoms with Crippen LogP contribution in [0.4, 0.5) is 0 Å². The molecule has 106 valence electrons. The van der Waals surface area contributed by atoms with Gasteiger partial charge in [-0.1, -0.05) is 12.2 Å². The van der Waals surface area contributed by atoms with Gasteiger partial charge >= 0.3 is 0 Å². The summed E-state index contributed by atoms with van der Waals surface area (Å²) in [4.78, 5) is 10.8. The van der Waals surface area contributed by atoms with Crippen molar-refractivity contribution in [3.63, 3.8) is 0 Å². The Morgan fingerprint density at radius 2 is 2.25 bits per heavy atom. The number of hydrazine groups is 1. The second-order valence-corrected chi connectivity index (χ2v) is 5.49. The van der Waals surface area contributed by atoms with E-state index in [4.69, 9.17) is 11.5 Å². The number of rotatable bonds is 3. The standard InChI is InChI=1S/C13H19N7/c1-19(2)6-5-13(15)4-3-9-10(7-13)16-8-20-11(9)17-12(14)18-20/h3-4,7-8H,5-6,15H2,1-2H3,(H3,14,17,18). The number of nitrogens with two attached hydrogens (primary N) is 2. The minimum atomic E-state index is -0.468. The first-order chi connectivity index (χ1) is 9.47. The molecule has 3 rings (SSSR count). The third-order valence-corrected chi connectivity index (χ3v) is 3.48. The van der Waals surface area contributed by atoms with Crippen molar-refractivity contribution in [2.45, 2.75) is 12.0 Å². The highest BCUT2D eigenvalue weighted by molar-refractivity contribution is 5.85. The number of allylic oxidation sites excluding steroid dienone is 1. The normalized spacial score (nSPS) is 27.3. The van der Waals surface area contributed by atoms with E-state index in [9.17, 15) is 0 Å². The molecule has 7 nitrogen and oxygen atoms in total. The van der Waals surface area contributed by atoms with E-state index in [0.717, 1.165) is 30.1 Å². The second kappa shape index (κ2) is 4.46. The van der Waals surface area contributed by atoms with Gasteiger partial charge in [-0.05, 0) is 33.1 Å². The highest BCUT2D eigenvalue weighted by Gasteiger charge is 2.30. The molecule has 7 heteroatoms. The van der Waals surface area contributed by atoms with E-state index in [1.54, 1.807) is 11.3 Å². The number of nitrogens with zero attached hydrogens (tertiary/aromatic N) is 4. The smallest absolute Gasteiger partial charge is 0.215 e. The van der Waals surface area contributed by atoms with Crippen LogP contribution in [-0.2, 0) is 0 Å². The minimum absolute atomic E-state index is 0.366. The summed E-state index contributed by atoms with van der Waals surface area (Å²) >= 11 is 0. The van der Waals surface area contributed by atoms with Crippen LogP contribution >= 0.6 is 0 Å². The number of guanidine groups is 1. The molecule has 0 bridgehead atoms. The lowest BCUT2D eigenvalue weighted by molar-refractivity contribution is 0.371. The third-order valence-electron chi connectivity index (χ3n) is 3.48. The van der Waals surface area contributed by atoms with E-state index in [1.807, 2.05) is 32.3 Å². The summed E-state index contributed by atoms with van der Waals surface area (Å²) in [5.74, 6) is 1.13. The lowest BCUT2D eigenvalue weighted by Gasteiger charge is -2.30. The average Bonchev–Trinajstić information content (AvgIpc) is 2.77. The van der Waals surface area contributed by atoms with Crippen LogP contribution in [0.3, 0.4) is 0 Å². The van der Waals surface area contributed by atoms with Gasteiger partial charge in [-0.2, -0.15) is 4.99 Å². The van der Waals surface area contributed by atoms with Crippen molar-refractivity contribution in [1.82, 2.24) is 15.3 Å². The van der Waals surface area contributed by atoms with E-state index in [2.05, 4.69) is 20.3 Å². The first kappa shape index (κ1) is 12.9. The highest BCUT2D eigenvalue weighted by atomic mass is 15.6. The SMILES string of the molecule is CN(C)CCC1(N)C=CC2=C3N=C(N)NN3C=NC2=C1. The summed E-state index contributed by atoms with van der Waals surface area (Å²) in [7, 11) is 4.07. The summed E-state index contributed by atoms with van der Waals surface area (Å²) < 4.78 is 0. The molecule has 0 saturated heterocycles. The highest BCUT2D eigenvalue weighted by Crippen LogP contribution is 2.32. The topological polar surface area (TPSA) is 95.3 Å². The third kappa shape index (κ3) is 2.21. The largest absolute Gasteiger partial charge is 0.368 e. The maximum absolute atomic E-state index is 6.40. The summed E-state index contributed by atoms with van der Waals surface area (Å²) in [6, 6.07) is 0. The molecule has 3 aliphatic rings. The Kier molecular flexibility index (Phi) is 2.88. The van der Waals surface area contributed by atoms with E-state index >= 15 is 0 Å². The molecule has 2 heterocycles. The number of aliphatic imine (C=N–C) groups is 2. The van der Waals surface area contributed by atoms with Crippen molar-refractivity contribution in [1.29, 1.82) is 0 Å². The Balaban J connectivity index is 1.89. The molecule has 1 unspecified atom stereocenters. The first-order valence-electron chi connectivity index (χ1n) is 6.51. The fourth-order valence-corrected chi connectivity index (χ4v) is 2.34. The average molecular weight is 273 g/mol. The lowest BCUT2D eigenvalue weighted by atomic mass is 9.87. The van der Waals surface area contributed by atoms with Gasteiger partial charge in [0.2, 0.25) is 5.96 Å². The van der Waals surface area contributed by atoms with E-state index in [1.165, 1.54) is 0 Å². The first-order valence-corrected chi connectivity index (χ1v) is 6.51. The van der Waals surface area contributed by atoms with Crippen LogP contribution in [0.25, 0.3) is 0 Å². The molecule has 0 amide bonds. The molecule has 5 N–H and O–H groups in total. The van der Waals surface area contributed by atoms with Crippen molar-refractivity contribution in [2.75, 3.05) is 20.6 Å².